The van der Waals surface area contributed by atoms with Gasteiger partial charge in [-0.05, 0) is 30.9 Å². The molecule has 22 heavy (non-hydrogen) atoms. The van der Waals surface area contributed by atoms with E-state index in [1.54, 1.807) is 7.11 Å². The van der Waals surface area contributed by atoms with E-state index in [1.165, 1.54) is 24.1 Å². The maximum absolute atomic E-state index is 5.54. The Bertz CT molecular complexity index is 478. The van der Waals surface area contributed by atoms with Gasteiger partial charge in [0.25, 0.3) is 0 Å². The van der Waals surface area contributed by atoms with Gasteiger partial charge in [0.2, 0.25) is 0 Å². The van der Waals surface area contributed by atoms with E-state index < -0.39 is 0 Å². The molecule has 2 aliphatic rings. The molecule has 0 radical (unpaired) electrons. The van der Waals surface area contributed by atoms with Gasteiger partial charge in [0.1, 0.15) is 5.75 Å². The maximum atomic E-state index is 5.54. The van der Waals surface area contributed by atoms with Gasteiger partial charge in [0.15, 0.2) is 0 Å². The Labute approximate surface area is 134 Å². The summed E-state index contributed by atoms with van der Waals surface area (Å²) in [6.45, 7) is 8.44. The summed E-state index contributed by atoms with van der Waals surface area (Å²) in [6.07, 6.45) is 3.51. The third-order valence-corrected chi connectivity index (χ3v) is 5.04. The fourth-order valence-corrected chi connectivity index (χ4v) is 3.65. The summed E-state index contributed by atoms with van der Waals surface area (Å²) >= 11 is 0. The van der Waals surface area contributed by atoms with Crippen molar-refractivity contribution in [2.24, 2.45) is 0 Å². The molecule has 3 rings (SSSR count). The van der Waals surface area contributed by atoms with Gasteiger partial charge in [0, 0.05) is 44.0 Å². The van der Waals surface area contributed by atoms with Crippen LogP contribution in [0.25, 0.3) is 0 Å². The molecular formula is C18H28N2O2. The Kier molecular flexibility index (Phi) is 5.21. The normalized spacial score (nSPS) is 21.1. The minimum Gasteiger partial charge on any atom is -0.496 e. The minimum absolute atomic E-state index is 0.733. The molecule has 1 aromatic carbocycles. The van der Waals surface area contributed by atoms with Crippen LogP contribution in [0.4, 0.5) is 5.69 Å². The highest BCUT2D eigenvalue weighted by Gasteiger charge is 2.26. The van der Waals surface area contributed by atoms with E-state index in [-0.39, 0.29) is 0 Å². The SMILES string of the molecule is CCc1ccc(N2CCC(N3CCOCC3)CC2)cc1OC. The number of morpholine rings is 1. The highest BCUT2D eigenvalue weighted by molar-refractivity contribution is 5.54. The predicted molar refractivity (Wildman–Crippen MR) is 90.0 cm³/mol. The number of aryl methyl sites for hydroxylation is 1. The topological polar surface area (TPSA) is 24.9 Å². The Morgan fingerprint density at radius 1 is 1.14 bits per heavy atom. The lowest BCUT2D eigenvalue weighted by atomic mass is 10.0. The largest absolute Gasteiger partial charge is 0.496 e. The first kappa shape index (κ1) is 15.6. The molecule has 0 amide bonds. The first-order valence-corrected chi connectivity index (χ1v) is 8.55. The molecule has 0 unspecified atom stereocenters. The van der Waals surface area contributed by atoms with Crippen LogP contribution in [0, 0.1) is 0 Å². The summed E-state index contributed by atoms with van der Waals surface area (Å²) in [6, 6.07) is 7.39. The molecule has 2 fully saturated rings. The lowest BCUT2D eigenvalue weighted by molar-refractivity contribution is 0.0115. The fourth-order valence-electron chi connectivity index (χ4n) is 3.65. The minimum atomic E-state index is 0.733. The molecule has 1 aromatic rings. The summed E-state index contributed by atoms with van der Waals surface area (Å²) in [5, 5.41) is 0. The van der Waals surface area contributed by atoms with Crippen molar-refractivity contribution < 1.29 is 9.47 Å². The van der Waals surface area contributed by atoms with Gasteiger partial charge in [0.05, 0.1) is 20.3 Å². The standard InChI is InChI=1S/C18H28N2O2/c1-3-15-4-5-17(14-18(15)21-2)19-8-6-16(7-9-19)20-10-12-22-13-11-20/h4-5,14,16H,3,6-13H2,1-2H3. The van der Waals surface area contributed by atoms with Crippen LogP contribution in [0.1, 0.15) is 25.3 Å². The monoisotopic (exact) mass is 304 g/mol. The van der Waals surface area contributed by atoms with E-state index in [4.69, 9.17) is 9.47 Å². The summed E-state index contributed by atoms with van der Waals surface area (Å²) in [4.78, 5) is 5.11. The average Bonchev–Trinajstić information content (AvgIpc) is 2.62. The molecule has 0 bridgehead atoms. The van der Waals surface area contributed by atoms with Gasteiger partial charge in [-0.3, -0.25) is 4.90 Å². The van der Waals surface area contributed by atoms with Gasteiger partial charge in [-0.15, -0.1) is 0 Å². The zero-order valence-electron chi connectivity index (χ0n) is 13.9. The van der Waals surface area contributed by atoms with E-state index >= 15 is 0 Å². The van der Waals surface area contributed by atoms with Gasteiger partial charge in [-0.1, -0.05) is 13.0 Å². The third-order valence-electron chi connectivity index (χ3n) is 5.04. The van der Waals surface area contributed by atoms with Crippen molar-refractivity contribution in [3.8, 4) is 5.75 Å². The van der Waals surface area contributed by atoms with Crippen molar-refractivity contribution in [3.63, 3.8) is 0 Å². The van der Waals surface area contributed by atoms with Crippen molar-refractivity contribution in [2.45, 2.75) is 32.2 Å². The zero-order chi connectivity index (χ0) is 15.4. The molecule has 122 valence electrons. The summed E-state index contributed by atoms with van der Waals surface area (Å²) in [7, 11) is 1.77. The molecule has 4 heteroatoms. The second kappa shape index (κ2) is 7.34. The second-order valence-electron chi connectivity index (χ2n) is 6.22. The number of hydrogen-bond acceptors (Lipinski definition) is 4. The van der Waals surface area contributed by atoms with Crippen molar-refractivity contribution in [1.29, 1.82) is 0 Å². The van der Waals surface area contributed by atoms with E-state index in [1.807, 2.05) is 0 Å². The molecule has 0 N–H and O–H groups in total. The van der Waals surface area contributed by atoms with E-state index in [9.17, 15) is 0 Å². The zero-order valence-corrected chi connectivity index (χ0v) is 13.9. The number of piperidine rings is 1. The van der Waals surface area contributed by atoms with Gasteiger partial charge in [-0.2, -0.15) is 0 Å². The van der Waals surface area contributed by atoms with E-state index in [0.29, 0.717) is 0 Å². The molecular weight excluding hydrogens is 276 g/mol. The van der Waals surface area contributed by atoms with Crippen LogP contribution in [0.2, 0.25) is 0 Å². The van der Waals surface area contributed by atoms with Crippen molar-refractivity contribution >= 4 is 5.69 Å². The van der Waals surface area contributed by atoms with Crippen LogP contribution >= 0.6 is 0 Å². The third kappa shape index (κ3) is 3.39. The number of anilines is 1. The Morgan fingerprint density at radius 3 is 2.50 bits per heavy atom. The van der Waals surface area contributed by atoms with Gasteiger partial charge < -0.3 is 14.4 Å². The first-order valence-electron chi connectivity index (χ1n) is 8.55. The number of benzene rings is 1. The molecule has 0 aromatic heterocycles. The van der Waals surface area contributed by atoms with Crippen LogP contribution in [0.3, 0.4) is 0 Å². The van der Waals surface area contributed by atoms with E-state index in [0.717, 1.165) is 57.6 Å². The molecule has 2 heterocycles. The number of hydrogen-bond donors (Lipinski definition) is 0. The Balaban J connectivity index is 1.61. The van der Waals surface area contributed by atoms with Crippen LogP contribution in [0.5, 0.6) is 5.75 Å². The summed E-state index contributed by atoms with van der Waals surface area (Å²) in [5.41, 5.74) is 2.59. The summed E-state index contributed by atoms with van der Waals surface area (Å²) in [5.74, 6) is 1.02. The van der Waals surface area contributed by atoms with Crippen LogP contribution in [-0.2, 0) is 11.2 Å². The smallest absolute Gasteiger partial charge is 0.124 e. The van der Waals surface area contributed by atoms with Gasteiger partial charge >= 0.3 is 0 Å². The number of methoxy groups -OCH3 is 1. The molecule has 2 aliphatic heterocycles. The number of ether oxygens (including phenoxy) is 2. The molecule has 0 atom stereocenters. The maximum Gasteiger partial charge on any atom is 0.124 e. The van der Waals surface area contributed by atoms with Crippen molar-refractivity contribution in [2.75, 3.05) is 51.4 Å². The number of rotatable bonds is 4. The Morgan fingerprint density at radius 2 is 1.86 bits per heavy atom. The quantitative estimate of drug-likeness (QED) is 0.853. The molecule has 4 nitrogen and oxygen atoms in total. The highest BCUT2D eigenvalue weighted by atomic mass is 16.5. The van der Waals surface area contributed by atoms with Crippen LogP contribution < -0.4 is 9.64 Å². The lowest BCUT2D eigenvalue weighted by Crippen LogP contribution is -2.49. The first-order chi connectivity index (χ1) is 10.8. The van der Waals surface area contributed by atoms with Crippen molar-refractivity contribution in [3.05, 3.63) is 23.8 Å². The van der Waals surface area contributed by atoms with Crippen LogP contribution in [-0.4, -0.2) is 57.4 Å². The molecule has 0 aliphatic carbocycles. The van der Waals surface area contributed by atoms with E-state index in [2.05, 4.69) is 34.9 Å². The lowest BCUT2D eigenvalue weighted by Gasteiger charge is -2.40. The average molecular weight is 304 g/mol. The predicted octanol–water partition coefficient (Wildman–Crippen LogP) is 2.56. The highest BCUT2D eigenvalue weighted by Crippen LogP contribution is 2.29. The van der Waals surface area contributed by atoms with Crippen LogP contribution in [0.15, 0.2) is 18.2 Å². The fraction of sp³-hybridized carbons (Fsp3) is 0.667. The molecule has 0 saturated carbocycles. The second-order valence-corrected chi connectivity index (χ2v) is 6.22. The van der Waals surface area contributed by atoms with Crippen molar-refractivity contribution in [1.82, 2.24) is 4.90 Å². The number of nitrogens with zero attached hydrogens (tertiary/aromatic N) is 2. The Hall–Kier alpha value is -1.26. The van der Waals surface area contributed by atoms with Gasteiger partial charge in [-0.25, -0.2) is 0 Å². The molecule has 0 spiro atoms. The summed E-state index contributed by atoms with van der Waals surface area (Å²) < 4.78 is 11.0. The molecule has 2 saturated heterocycles.